The lowest BCUT2D eigenvalue weighted by Crippen LogP contribution is -2.30. The van der Waals surface area contributed by atoms with E-state index in [0.29, 0.717) is 27.1 Å². The number of hydrogen-bond acceptors (Lipinski definition) is 2. The third kappa shape index (κ3) is 3.35. The zero-order chi connectivity index (χ0) is 14.9. The van der Waals surface area contributed by atoms with Gasteiger partial charge in [-0.05, 0) is 45.0 Å². The third-order valence-electron chi connectivity index (χ3n) is 2.73. The molecule has 0 bridgehead atoms. The molecule has 0 saturated carbocycles. The molecule has 20 heavy (non-hydrogen) atoms. The quantitative estimate of drug-likeness (QED) is 0.892. The van der Waals surface area contributed by atoms with Crippen LogP contribution >= 0.6 is 23.2 Å². The molecule has 0 aliphatic heterocycles. The van der Waals surface area contributed by atoms with Crippen LogP contribution in [0.2, 0.25) is 10.0 Å². The van der Waals surface area contributed by atoms with Gasteiger partial charge in [-0.15, -0.1) is 0 Å². The first-order valence-electron chi connectivity index (χ1n) is 6.24. The van der Waals surface area contributed by atoms with Crippen molar-refractivity contribution in [3.05, 3.63) is 45.6 Å². The zero-order valence-electron chi connectivity index (χ0n) is 11.5. The number of carbonyl (C=O) groups is 1. The largest absolute Gasteiger partial charge is 0.461 e. The Labute approximate surface area is 127 Å². The second kappa shape index (κ2) is 5.90. The van der Waals surface area contributed by atoms with Crippen molar-refractivity contribution >= 4 is 29.1 Å². The Hall–Kier alpha value is -1.45. The molecule has 106 valence electrons. The summed E-state index contributed by atoms with van der Waals surface area (Å²) in [7, 11) is 0. The van der Waals surface area contributed by atoms with Crippen LogP contribution in [0.5, 0.6) is 0 Å². The summed E-state index contributed by atoms with van der Waals surface area (Å²) in [6.45, 7) is 5.57. The molecule has 0 aliphatic rings. The highest BCUT2D eigenvalue weighted by molar-refractivity contribution is 6.35. The first kappa shape index (κ1) is 14.9. The Morgan fingerprint density at radius 1 is 1.15 bits per heavy atom. The molecule has 1 N–H and O–H groups in total. The molecule has 1 aromatic carbocycles. The monoisotopic (exact) mass is 311 g/mol. The SMILES string of the molecule is Cc1oc(-c2cc(Cl)cc(Cl)c2)cc1C(=O)NC(C)C. The van der Waals surface area contributed by atoms with Crippen molar-refractivity contribution in [1.29, 1.82) is 0 Å². The van der Waals surface area contributed by atoms with Gasteiger partial charge in [0.25, 0.3) is 5.91 Å². The Balaban J connectivity index is 2.38. The van der Waals surface area contributed by atoms with Crippen LogP contribution < -0.4 is 5.32 Å². The molecule has 0 saturated heterocycles. The molecule has 0 fully saturated rings. The van der Waals surface area contributed by atoms with Gasteiger partial charge >= 0.3 is 0 Å². The lowest BCUT2D eigenvalue weighted by molar-refractivity contribution is 0.0941. The van der Waals surface area contributed by atoms with Gasteiger partial charge in [0.2, 0.25) is 0 Å². The van der Waals surface area contributed by atoms with Gasteiger partial charge < -0.3 is 9.73 Å². The van der Waals surface area contributed by atoms with Crippen LogP contribution in [0.1, 0.15) is 30.0 Å². The zero-order valence-corrected chi connectivity index (χ0v) is 13.0. The first-order chi connectivity index (χ1) is 9.36. The molecule has 0 spiro atoms. The Morgan fingerprint density at radius 3 is 2.30 bits per heavy atom. The summed E-state index contributed by atoms with van der Waals surface area (Å²) in [4.78, 5) is 12.0. The predicted molar refractivity (Wildman–Crippen MR) is 81.5 cm³/mol. The van der Waals surface area contributed by atoms with E-state index in [1.54, 1.807) is 31.2 Å². The molecule has 0 atom stereocenters. The fraction of sp³-hybridized carbons (Fsp3) is 0.267. The number of aryl methyl sites for hydroxylation is 1. The predicted octanol–water partition coefficient (Wildman–Crippen LogP) is 4.70. The van der Waals surface area contributed by atoms with Crippen molar-refractivity contribution in [2.24, 2.45) is 0 Å². The summed E-state index contributed by atoms with van der Waals surface area (Å²) in [6.07, 6.45) is 0. The molecular weight excluding hydrogens is 297 g/mol. The minimum absolute atomic E-state index is 0.0702. The van der Waals surface area contributed by atoms with Crippen molar-refractivity contribution in [2.75, 3.05) is 0 Å². The molecule has 3 nitrogen and oxygen atoms in total. The Bertz CT molecular complexity index is 627. The minimum Gasteiger partial charge on any atom is -0.461 e. The molecule has 0 aliphatic carbocycles. The fourth-order valence-corrected chi connectivity index (χ4v) is 2.41. The van der Waals surface area contributed by atoms with E-state index in [1.807, 2.05) is 13.8 Å². The number of halogens is 2. The number of carbonyl (C=O) groups excluding carboxylic acids is 1. The van der Waals surface area contributed by atoms with E-state index < -0.39 is 0 Å². The highest BCUT2D eigenvalue weighted by Gasteiger charge is 2.17. The molecule has 2 rings (SSSR count). The van der Waals surface area contributed by atoms with Gasteiger partial charge in [0.05, 0.1) is 5.56 Å². The van der Waals surface area contributed by atoms with Crippen molar-refractivity contribution in [1.82, 2.24) is 5.32 Å². The summed E-state index contributed by atoms with van der Waals surface area (Å²) in [5.74, 6) is 0.982. The van der Waals surface area contributed by atoms with E-state index in [9.17, 15) is 4.79 Å². The van der Waals surface area contributed by atoms with Crippen molar-refractivity contribution in [3.63, 3.8) is 0 Å². The van der Waals surface area contributed by atoms with Gasteiger partial charge in [0.1, 0.15) is 11.5 Å². The van der Waals surface area contributed by atoms with E-state index in [0.717, 1.165) is 5.56 Å². The van der Waals surface area contributed by atoms with Crippen LogP contribution in [0.3, 0.4) is 0 Å². The van der Waals surface area contributed by atoms with Crippen LogP contribution in [0.15, 0.2) is 28.7 Å². The van der Waals surface area contributed by atoms with E-state index in [2.05, 4.69) is 5.32 Å². The summed E-state index contributed by atoms with van der Waals surface area (Å²) >= 11 is 11.9. The fourth-order valence-electron chi connectivity index (χ4n) is 1.89. The van der Waals surface area contributed by atoms with Crippen LogP contribution in [-0.2, 0) is 0 Å². The van der Waals surface area contributed by atoms with Gasteiger partial charge in [-0.25, -0.2) is 0 Å². The molecule has 0 unspecified atom stereocenters. The van der Waals surface area contributed by atoms with Crippen LogP contribution in [-0.4, -0.2) is 11.9 Å². The lowest BCUT2D eigenvalue weighted by atomic mass is 10.1. The topological polar surface area (TPSA) is 42.2 Å². The molecule has 1 aromatic heterocycles. The molecule has 5 heteroatoms. The number of hydrogen-bond donors (Lipinski definition) is 1. The van der Waals surface area contributed by atoms with Crippen molar-refractivity contribution < 1.29 is 9.21 Å². The standard InChI is InChI=1S/C15H15Cl2NO2/c1-8(2)18-15(19)13-7-14(20-9(13)3)10-4-11(16)6-12(17)5-10/h4-8H,1-3H3,(H,18,19). The molecule has 2 aromatic rings. The highest BCUT2D eigenvalue weighted by Crippen LogP contribution is 2.30. The molecule has 1 heterocycles. The van der Waals surface area contributed by atoms with Crippen LogP contribution in [0.25, 0.3) is 11.3 Å². The van der Waals surface area contributed by atoms with E-state index in [-0.39, 0.29) is 11.9 Å². The summed E-state index contributed by atoms with van der Waals surface area (Å²) in [5, 5.41) is 3.88. The van der Waals surface area contributed by atoms with Gasteiger partial charge in [-0.1, -0.05) is 23.2 Å². The maximum absolute atomic E-state index is 12.0. The number of rotatable bonds is 3. The smallest absolute Gasteiger partial charge is 0.255 e. The van der Waals surface area contributed by atoms with Crippen LogP contribution in [0.4, 0.5) is 0 Å². The average molecular weight is 312 g/mol. The number of amides is 1. The molecule has 1 amide bonds. The van der Waals surface area contributed by atoms with E-state index >= 15 is 0 Å². The Morgan fingerprint density at radius 2 is 1.75 bits per heavy atom. The highest BCUT2D eigenvalue weighted by atomic mass is 35.5. The van der Waals surface area contributed by atoms with E-state index in [1.165, 1.54) is 0 Å². The van der Waals surface area contributed by atoms with E-state index in [4.69, 9.17) is 27.6 Å². The first-order valence-corrected chi connectivity index (χ1v) is 7.00. The normalized spacial score (nSPS) is 10.9. The molecule has 0 radical (unpaired) electrons. The van der Waals surface area contributed by atoms with Gasteiger partial charge in [0.15, 0.2) is 0 Å². The maximum Gasteiger partial charge on any atom is 0.255 e. The van der Waals surface area contributed by atoms with Gasteiger partial charge in [-0.2, -0.15) is 0 Å². The summed E-state index contributed by atoms with van der Waals surface area (Å²) in [6, 6.07) is 6.91. The van der Waals surface area contributed by atoms with Crippen molar-refractivity contribution in [3.8, 4) is 11.3 Å². The second-order valence-corrected chi connectivity index (χ2v) is 5.74. The number of nitrogens with one attached hydrogen (secondary N) is 1. The average Bonchev–Trinajstić information content (AvgIpc) is 2.69. The maximum atomic E-state index is 12.0. The van der Waals surface area contributed by atoms with Gasteiger partial charge in [0, 0.05) is 21.7 Å². The van der Waals surface area contributed by atoms with Crippen molar-refractivity contribution in [2.45, 2.75) is 26.8 Å². The molecular formula is C15H15Cl2NO2. The Kier molecular flexibility index (Phi) is 4.41. The minimum atomic E-state index is -0.152. The number of furan rings is 1. The van der Waals surface area contributed by atoms with Gasteiger partial charge in [-0.3, -0.25) is 4.79 Å². The second-order valence-electron chi connectivity index (χ2n) is 4.87. The summed E-state index contributed by atoms with van der Waals surface area (Å²) in [5.41, 5.74) is 1.26. The summed E-state index contributed by atoms with van der Waals surface area (Å²) < 4.78 is 5.64. The third-order valence-corrected chi connectivity index (χ3v) is 3.17. The number of benzene rings is 1. The lowest BCUT2D eigenvalue weighted by Gasteiger charge is -2.06. The van der Waals surface area contributed by atoms with Crippen LogP contribution in [0, 0.1) is 6.92 Å².